The van der Waals surface area contributed by atoms with Crippen molar-refractivity contribution in [1.29, 1.82) is 0 Å². The maximum atomic E-state index is 5.84. The van der Waals surface area contributed by atoms with Gasteiger partial charge in [0.2, 0.25) is 0 Å². The number of ether oxygens (including phenoxy) is 1. The first kappa shape index (κ1) is 9.05. The molecule has 0 aliphatic carbocycles. The van der Waals surface area contributed by atoms with Gasteiger partial charge < -0.3 is 4.74 Å². The Morgan fingerprint density at radius 1 is 1.00 bits per heavy atom. The van der Waals surface area contributed by atoms with E-state index < -0.39 is 0 Å². The Bertz CT molecular complexity index is 89.0. The maximum Gasteiger partial charge on any atom is 0.0579 e. The molecule has 1 aliphatic heterocycles. The van der Waals surface area contributed by atoms with E-state index in [9.17, 15) is 0 Å². The van der Waals surface area contributed by atoms with E-state index in [0.29, 0.717) is 12.2 Å². The first-order chi connectivity index (χ1) is 5.36. The van der Waals surface area contributed by atoms with Crippen LogP contribution in [0, 0.1) is 0 Å². The molecule has 0 aromatic heterocycles. The summed E-state index contributed by atoms with van der Waals surface area (Å²) in [6.07, 6.45) is 8.86. The molecule has 0 amide bonds. The van der Waals surface area contributed by atoms with Crippen LogP contribution in [0.3, 0.4) is 0 Å². The van der Waals surface area contributed by atoms with Gasteiger partial charge in [0.25, 0.3) is 0 Å². The molecular formula is C10H20O. The van der Waals surface area contributed by atoms with Crippen molar-refractivity contribution in [2.24, 2.45) is 0 Å². The first-order valence-electron chi connectivity index (χ1n) is 5.02. The third kappa shape index (κ3) is 2.82. The second kappa shape index (κ2) is 4.76. The summed E-state index contributed by atoms with van der Waals surface area (Å²) >= 11 is 0. The highest BCUT2D eigenvalue weighted by molar-refractivity contribution is 4.72. The zero-order valence-corrected chi connectivity index (χ0v) is 7.81. The third-order valence-electron chi connectivity index (χ3n) is 2.42. The molecule has 0 N–H and O–H groups in total. The van der Waals surface area contributed by atoms with Gasteiger partial charge in [-0.05, 0) is 25.7 Å². The van der Waals surface area contributed by atoms with Gasteiger partial charge in [0.15, 0.2) is 0 Å². The van der Waals surface area contributed by atoms with Gasteiger partial charge in [0, 0.05) is 0 Å². The molecule has 1 fully saturated rings. The Kier molecular flexibility index (Phi) is 3.92. The fraction of sp³-hybridized carbons (Fsp3) is 1.00. The summed E-state index contributed by atoms with van der Waals surface area (Å²) in [4.78, 5) is 0. The van der Waals surface area contributed by atoms with Crippen LogP contribution >= 0.6 is 0 Å². The molecule has 0 radical (unpaired) electrons. The summed E-state index contributed by atoms with van der Waals surface area (Å²) in [6, 6.07) is 0. The Labute approximate surface area is 70.1 Å². The molecule has 2 atom stereocenters. The van der Waals surface area contributed by atoms with Crippen molar-refractivity contribution in [1.82, 2.24) is 0 Å². The average Bonchev–Trinajstić information content (AvgIpc) is 2.38. The van der Waals surface area contributed by atoms with Crippen LogP contribution in [0.25, 0.3) is 0 Å². The van der Waals surface area contributed by atoms with Crippen molar-refractivity contribution < 1.29 is 4.74 Å². The summed E-state index contributed by atoms with van der Waals surface area (Å²) in [5.74, 6) is 0. The fourth-order valence-electron chi connectivity index (χ4n) is 1.85. The average molecular weight is 156 g/mol. The molecule has 0 aromatic rings. The molecular weight excluding hydrogens is 136 g/mol. The quantitative estimate of drug-likeness (QED) is 0.607. The zero-order chi connectivity index (χ0) is 8.10. The van der Waals surface area contributed by atoms with Gasteiger partial charge >= 0.3 is 0 Å². The van der Waals surface area contributed by atoms with E-state index in [0.717, 1.165) is 0 Å². The second-order valence-electron chi connectivity index (χ2n) is 3.53. The van der Waals surface area contributed by atoms with Crippen molar-refractivity contribution in [3.8, 4) is 0 Å². The molecule has 0 bridgehead atoms. The van der Waals surface area contributed by atoms with Crippen molar-refractivity contribution >= 4 is 0 Å². The van der Waals surface area contributed by atoms with Crippen LogP contribution < -0.4 is 0 Å². The lowest BCUT2D eigenvalue weighted by atomic mass is 10.1. The molecule has 1 heterocycles. The first-order valence-corrected chi connectivity index (χ1v) is 5.02. The number of hydrogen-bond donors (Lipinski definition) is 0. The van der Waals surface area contributed by atoms with Gasteiger partial charge in [-0.25, -0.2) is 0 Å². The van der Waals surface area contributed by atoms with Crippen molar-refractivity contribution in [3.63, 3.8) is 0 Å². The maximum absolute atomic E-state index is 5.84. The smallest absolute Gasteiger partial charge is 0.0579 e. The summed E-state index contributed by atoms with van der Waals surface area (Å²) in [5, 5.41) is 0. The van der Waals surface area contributed by atoms with Crippen LogP contribution in [-0.2, 0) is 4.74 Å². The predicted octanol–water partition coefficient (Wildman–Crippen LogP) is 3.13. The van der Waals surface area contributed by atoms with Gasteiger partial charge in [0.1, 0.15) is 0 Å². The van der Waals surface area contributed by atoms with E-state index in [2.05, 4.69) is 13.8 Å². The van der Waals surface area contributed by atoms with Crippen LogP contribution in [0.4, 0.5) is 0 Å². The number of rotatable bonds is 4. The Morgan fingerprint density at radius 3 is 1.82 bits per heavy atom. The summed E-state index contributed by atoms with van der Waals surface area (Å²) in [5.41, 5.74) is 0. The van der Waals surface area contributed by atoms with E-state index in [-0.39, 0.29) is 0 Å². The van der Waals surface area contributed by atoms with Gasteiger partial charge in [-0.3, -0.25) is 0 Å². The van der Waals surface area contributed by atoms with E-state index in [1.165, 1.54) is 38.5 Å². The standard InChI is InChI=1S/C10H20O/c1-3-5-9-7-8-10(11-9)6-4-2/h9-10H,3-8H2,1-2H3. The van der Waals surface area contributed by atoms with Crippen LogP contribution in [-0.4, -0.2) is 12.2 Å². The highest BCUT2D eigenvalue weighted by Gasteiger charge is 2.23. The summed E-state index contributed by atoms with van der Waals surface area (Å²) in [7, 11) is 0. The third-order valence-corrected chi connectivity index (χ3v) is 2.42. The second-order valence-corrected chi connectivity index (χ2v) is 3.53. The Morgan fingerprint density at radius 2 is 1.45 bits per heavy atom. The highest BCUT2D eigenvalue weighted by Crippen LogP contribution is 2.25. The SMILES string of the molecule is CCCC1CCC(CCC)O1. The van der Waals surface area contributed by atoms with E-state index >= 15 is 0 Å². The number of hydrogen-bond acceptors (Lipinski definition) is 1. The lowest BCUT2D eigenvalue weighted by molar-refractivity contribution is 0.0355. The summed E-state index contributed by atoms with van der Waals surface area (Å²) in [6.45, 7) is 4.47. The van der Waals surface area contributed by atoms with E-state index in [4.69, 9.17) is 4.74 Å². The van der Waals surface area contributed by atoms with Crippen molar-refractivity contribution in [2.75, 3.05) is 0 Å². The molecule has 0 aromatic carbocycles. The fourth-order valence-corrected chi connectivity index (χ4v) is 1.85. The van der Waals surface area contributed by atoms with Gasteiger partial charge in [-0.15, -0.1) is 0 Å². The molecule has 1 nitrogen and oxygen atoms in total. The minimum atomic E-state index is 0.594. The largest absolute Gasteiger partial charge is 0.375 e. The van der Waals surface area contributed by atoms with Crippen LogP contribution in [0.15, 0.2) is 0 Å². The monoisotopic (exact) mass is 156 g/mol. The van der Waals surface area contributed by atoms with Crippen molar-refractivity contribution in [3.05, 3.63) is 0 Å². The van der Waals surface area contributed by atoms with E-state index in [1.54, 1.807) is 0 Å². The molecule has 11 heavy (non-hydrogen) atoms. The molecule has 1 heteroatoms. The van der Waals surface area contributed by atoms with Gasteiger partial charge in [0.05, 0.1) is 12.2 Å². The molecule has 0 saturated carbocycles. The van der Waals surface area contributed by atoms with Crippen LogP contribution in [0.5, 0.6) is 0 Å². The topological polar surface area (TPSA) is 9.23 Å². The molecule has 1 rings (SSSR count). The molecule has 1 aliphatic rings. The molecule has 0 spiro atoms. The van der Waals surface area contributed by atoms with Crippen LogP contribution in [0.1, 0.15) is 52.4 Å². The highest BCUT2D eigenvalue weighted by atomic mass is 16.5. The minimum Gasteiger partial charge on any atom is -0.375 e. The lowest BCUT2D eigenvalue weighted by Crippen LogP contribution is -2.09. The zero-order valence-electron chi connectivity index (χ0n) is 7.81. The molecule has 2 unspecified atom stereocenters. The van der Waals surface area contributed by atoms with Gasteiger partial charge in [-0.1, -0.05) is 26.7 Å². The van der Waals surface area contributed by atoms with Gasteiger partial charge in [-0.2, -0.15) is 0 Å². The minimum absolute atomic E-state index is 0.594. The van der Waals surface area contributed by atoms with Crippen molar-refractivity contribution in [2.45, 2.75) is 64.6 Å². The van der Waals surface area contributed by atoms with Crippen LogP contribution in [0.2, 0.25) is 0 Å². The Balaban J connectivity index is 2.12. The lowest BCUT2D eigenvalue weighted by Gasteiger charge is -2.11. The molecule has 1 saturated heterocycles. The molecule has 66 valence electrons. The predicted molar refractivity (Wildman–Crippen MR) is 47.7 cm³/mol. The normalized spacial score (nSPS) is 31.1. The Hall–Kier alpha value is -0.0400. The van der Waals surface area contributed by atoms with E-state index in [1.807, 2.05) is 0 Å². The summed E-state index contributed by atoms with van der Waals surface area (Å²) < 4.78 is 5.84.